The third kappa shape index (κ3) is 2.73. The highest BCUT2D eigenvalue weighted by Crippen LogP contribution is 2.37. The van der Waals surface area contributed by atoms with Gasteiger partial charge in [0, 0.05) is 6.20 Å². The van der Waals surface area contributed by atoms with E-state index >= 15 is 0 Å². The van der Waals surface area contributed by atoms with E-state index in [4.69, 9.17) is 0 Å². The first kappa shape index (κ1) is 15.3. The number of carboxylic acid groups (broad SMARTS) is 1. The van der Waals surface area contributed by atoms with Gasteiger partial charge in [-0.3, -0.25) is 0 Å². The lowest BCUT2D eigenvalue weighted by atomic mass is 9.83. The maximum Gasteiger partial charge on any atom is 0.334 e. The molecule has 1 unspecified atom stereocenters. The van der Waals surface area contributed by atoms with Crippen molar-refractivity contribution in [3.8, 4) is 0 Å². The highest BCUT2D eigenvalue weighted by Gasteiger charge is 2.48. The smallest absolute Gasteiger partial charge is 0.334 e. The van der Waals surface area contributed by atoms with Crippen molar-refractivity contribution in [3.63, 3.8) is 0 Å². The molecule has 1 aliphatic heterocycles. The van der Waals surface area contributed by atoms with Crippen LogP contribution in [0.4, 0.5) is 0 Å². The van der Waals surface area contributed by atoms with Crippen molar-refractivity contribution in [3.05, 3.63) is 83.6 Å². The van der Waals surface area contributed by atoms with E-state index < -0.39 is 11.5 Å². The summed E-state index contributed by atoms with van der Waals surface area (Å²) >= 11 is 0. The molecular formula is C19H20N2O2. The van der Waals surface area contributed by atoms with Gasteiger partial charge in [0.25, 0.3) is 0 Å². The van der Waals surface area contributed by atoms with Crippen LogP contribution < -0.4 is 5.43 Å². The van der Waals surface area contributed by atoms with Crippen LogP contribution in [0.15, 0.2) is 72.4 Å². The number of carbonyl (C=O) groups is 1. The van der Waals surface area contributed by atoms with Crippen LogP contribution in [0.3, 0.4) is 0 Å². The Morgan fingerprint density at radius 2 is 1.70 bits per heavy atom. The van der Waals surface area contributed by atoms with Crippen molar-refractivity contribution in [2.24, 2.45) is 0 Å². The van der Waals surface area contributed by atoms with Gasteiger partial charge in [-0.05, 0) is 23.1 Å². The van der Waals surface area contributed by atoms with Crippen molar-refractivity contribution in [1.82, 2.24) is 10.4 Å². The molecule has 0 spiro atoms. The zero-order valence-corrected chi connectivity index (χ0v) is 13.1. The van der Waals surface area contributed by atoms with Crippen molar-refractivity contribution >= 4 is 5.97 Å². The third-order valence-corrected chi connectivity index (χ3v) is 4.21. The molecule has 118 valence electrons. The predicted octanol–water partition coefficient (Wildman–Crippen LogP) is 3.28. The SMILES string of the molecule is CCC1=CN(Cc2ccccc2)NC1(C(=O)O)c1ccccc1. The van der Waals surface area contributed by atoms with Crippen molar-refractivity contribution in [2.45, 2.75) is 25.4 Å². The third-order valence-electron chi connectivity index (χ3n) is 4.21. The van der Waals surface area contributed by atoms with Crippen LogP contribution in [-0.4, -0.2) is 16.1 Å². The molecule has 4 nitrogen and oxygen atoms in total. The molecular weight excluding hydrogens is 288 g/mol. The molecule has 1 aliphatic rings. The number of hydrogen-bond acceptors (Lipinski definition) is 3. The summed E-state index contributed by atoms with van der Waals surface area (Å²) in [6, 6.07) is 19.4. The molecule has 0 fully saturated rings. The monoisotopic (exact) mass is 308 g/mol. The van der Waals surface area contributed by atoms with E-state index in [1.165, 1.54) is 0 Å². The molecule has 1 atom stereocenters. The topological polar surface area (TPSA) is 52.6 Å². The minimum atomic E-state index is -1.19. The molecule has 0 saturated heterocycles. The largest absolute Gasteiger partial charge is 0.479 e. The zero-order valence-electron chi connectivity index (χ0n) is 13.1. The van der Waals surface area contributed by atoms with E-state index in [0.717, 1.165) is 16.7 Å². The van der Waals surface area contributed by atoms with E-state index in [1.807, 2.05) is 78.8 Å². The van der Waals surface area contributed by atoms with Gasteiger partial charge in [-0.25, -0.2) is 10.2 Å². The summed E-state index contributed by atoms with van der Waals surface area (Å²) < 4.78 is 0. The number of nitrogens with one attached hydrogen (secondary N) is 1. The second-order valence-electron chi connectivity index (χ2n) is 5.65. The Labute approximate surface area is 136 Å². The Hall–Kier alpha value is -2.59. The molecule has 2 N–H and O–H groups in total. The van der Waals surface area contributed by atoms with Gasteiger partial charge in [0.05, 0.1) is 6.54 Å². The van der Waals surface area contributed by atoms with Crippen molar-refractivity contribution in [2.75, 3.05) is 0 Å². The van der Waals surface area contributed by atoms with Gasteiger partial charge in [-0.2, -0.15) is 0 Å². The van der Waals surface area contributed by atoms with Crippen LogP contribution in [0.5, 0.6) is 0 Å². The summed E-state index contributed by atoms with van der Waals surface area (Å²) in [7, 11) is 0. The highest BCUT2D eigenvalue weighted by atomic mass is 16.4. The summed E-state index contributed by atoms with van der Waals surface area (Å²) in [5, 5.41) is 11.8. The molecule has 0 amide bonds. The van der Waals surface area contributed by atoms with Crippen molar-refractivity contribution < 1.29 is 9.90 Å². The van der Waals surface area contributed by atoms with Crippen LogP contribution in [0.1, 0.15) is 24.5 Å². The summed E-state index contributed by atoms with van der Waals surface area (Å²) in [5.74, 6) is -0.882. The lowest BCUT2D eigenvalue weighted by Crippen LogP contribution is -2.51. The Kier molecular flexibility index (Phi) is 4.17. The standard InChI is InChI=1S/C19H20N2O2/c1-2-16-14-21(13-15-9-5-3-6-10-15)20-19(16,18(22)23)17-11-7-4-8-12-17/h3-12,14,20H,2,13H2,1H3,(H,22,23). The summed E-state index contributed by atoms with van der Waals surface area (Å²) in [4.78, 5) is 12.2. The first-order valence-electron chi connectivity index (χ1n) is 7.75. The molecule has 0 saturated carbocycles. The number of rotatable bonds is 5. The second kappa shape index (κ2) is 6.26. The Bertz CT molecular complexity index is 713. The molecule has 0 radical (unpaired) electrons. The quantitative estimate of drug-likeness (QED) is 0.890. The van der Waals surface area contributed by atoms with Gasteiger partial charge in [-0.1, -0.05) is 67.6 Å². The molecule has 0 aromatic heterocycles. The van der Waals surface area contributed by atoms with E-state index in [0.29, 0.717) is 13.0 Å². The van der Waals surface area contributed by atoms with Gasteiger partial charge >= 0.3 is 5.97 Å². The number of hydrogen-bond donors (Lipinski definition) is 2. The lowest BCUT2D eigenvalue weighted by molar-refractivity contribution is -0.144. The summed E-state index contributed by atoms with van der Waals surface area (Å²) in [6.45, 7) is 2.60. The molecule has 0 bridgehead atoms. The van der Waals surface area contributed by atoms with Crippen LogP contribution in [0, 0.1) is 0 Å². The average molecular weight is 308 g/mol. The Balaban J connectivity index is 1.96. The number of aliphatic carboxylic acids is 1. The van der Waals surface area contributed by atoms with Crippen LogP contribution >= 0.6 is 0 Å². The van der Waals surface area contributed by atoms with Crippen LogP contribution in [0.2, 0.25) is 0 Å². The van der Waals surface area contributed by atoms with Crippen LogP contribution in [-0.2, 0) is 16.9 Å². The van der Waals surface area contributed by atoms with E-state index in [-0.39, 0.29) is 0 Å². The minimum Gasteiger partial charge on any atom is -0.479 e. The van der Waals surface area contributed by atoms with E-state index in [2.05, 4.69) is 5.43 Å². The maximum absolute atomic E-state index is 12.2. The number of nitrogens with zero attached hydrogens (tertiary/aromatic N) is 1. The molecule has 0 aliphatic carbocycles. The van der Waals surface area contributed by atoms with E-state index in [9.17, 15) is 9.90 Å². The summed E-state index contributed by atoms with van der Waals surface area (Å²) in [5.41, 5.74) is 4.75. The van der Waals surface area contributed by atoms with E-state index in [1.54, 1.807) is 0 Å². The predicted molar refractivity (Wildman–Crippen MR) is 89.3 cm³/mol. The molecule has 3 rings (SSSR count). The van der Waals surface area contributed by atoms with Crippen molar-refractivity contribution in [1.29, 1.82) is 0 Å². The van der Waals surface area contributed by atoms with Gasteiger partial charge in [0.2, 0.25) is 0 Å². The fourth-order valence-corrected chi connectivity index (χ4v) is 3.07. The summed E-state index contributed by atoms with van der Waals surface area (Å²) in [6.07, 6.45) is 2.59. The molecule has 2 aromatic carbocycles. The molecule has 4 heteroatoms. The normalized spacial score (nSPS) is 20.4. The number of hydrazine groups is 1. The van der Waals surface area contributed by atoms with Gasteiger partial charge < -0.3 is 10.1 Å². The Morgan fingerprint density at radius 3 is 2.26 bits per heavy atom. The van der Waals surface area contributed by atoms with Crippen LogP contribution in [0.25, 0.3) is 0 Å². The molecule has 2 aromatic rings. The second-order valence-corrected chi connectivity index (χ2v) is 5.65. The number of carboxylic acids is 1. The fourth-order valence-electron chi connectivity index (χ4n) is 3.07. The minimum absolute atomic E-state index is 0.617. The molecule has 23 heavy (non-hydrogen) atoms. The lowest BCUT2D eigenvalue weighted by Gasteiger charge is -2.30. The fraction of sp³-hybridized carbons (Fsp3) is 0.211. The Morgan fingerprint density at radius 1 is 1.09 bits per heavy atom. The molecule has 1 heterocycles. The average Bonchev–Trinajstić information content (AvgIpc) is 2.96. The number of benzene rings is 2. The first-order chi connectivity index (χ1) is 11.2. The van der Waals surface area contributed by atoms with Gasteiger partial charge in [0.1, 0.15) is 0 Å². The zero-order chi connectivity index (χ0) is 16.3. The van der Waals surface area contributed by atoms with Gasteiger partial charge in [-0.15, -0.1) is 0 Å². The highest BCUT2D eigenvalue weighted by molar-refractivity contribution is 5.85. The first-order valence-corrected chi connectivity index (χ1v) is 7.75. The maximum atomic E-state index is 12.2. The van der Waals surface area contributed by atoms with Gasteiger partial charge in [0.15, 0.2) is 5.54 Å².